The van der Waals surface area contributed by atoms with Gasteiger partial charge in [-0.3, -0.25) is 4.70 Å². The fourth-order valence-corrected chi connectivity index (χ4v) is 9.66. The van der Waals surface area contributed by atoms with Crippen LogP contribution in [0.2, 0.25) is 6.04 Å². The second-order valence-corrected chi connectivity index (χ2v) is 13.0. The average molecular weight is 493 g/mol. The van der Waals surface area contributed by atoms with Gasteiger partial charge >= 0.3 is 8.56 Å². The van der Waals surface area contributed by atoms with E-state index in [0.717, 1.165) is 38.7 Å². The Labute approximate surface area is 208 Å². The molecule has 0 aliphatic carbocycles. The van der Waals surface area contributed by atoms with Crippen LogP contribution in [0, 0.1) is 0 Å². The Hall–Kier alpha value is 0.0269. The van der Waals surface area contributed by atoms with E-state index in [9.17, 15) is 0 Å². The van der Waals surface area contributed by atoms with Crippen LogP contribution in [-0.4, -0.2) is 33.6 Å². The molecule has 1 fully saturated rings. The molecule has 33 heavy (non-hydrogen) atoms. The summed E-state index contributed by atoms with van der Waals surface area (Å²) in [4.78, 5) is 0. The highest BCUT2D eigenvalue weighted by atomic mass is 28.4. The molecular weight excluding hydrogens is 431 g/mol. The van der Waals surface area contributed by atoms with Crippen molar-refractivity contribution < 1.29 is 18.3 Å². The van der Waals surface area contributed by atoms with Gasteiger partial charge in [-0.2, -0.15) is 0 Å². The molecule has 1 heterocycles. The number of unbranched alkanes of at least 4 members (excludes halogenated alkanes) is 12. The summed E-state index contributed by atoms with van der Waals surface area (Å²) in [6.07, 6.45) is 23.5. The molecule has 0 bridgehead atoms. The number of hydrogen-bond donors (Lipinski definition) is 0. The molecule has 1 aliphatic heterocycles. The van der Waals surface area contributed by atoms with Gasteiger partial charge in [0.2, 0.25) is 0 Å². The van der Waals surface area contributed by atoms with Gasteiger partial charge in [0.05, 0.1) is 0 Å². The van der Waals surface area contributed by atoms with Crippen LogP contribution in [0.5, 0.6) is 0 Å². The van der Waals surface area contributed by atoms with Gasteiger partial charge in [0, 0.05) is 19.8 Å². The average Bonchev–Trinajstić information content (AvgIpc) is 2.80. The van der Waals surface area contributed by atoms with Crippen LogP contribution in [0.15, 0.2) is 0 Å². The first-order valence-electron chi connectivity index (χ1n) is 14.5. The molecule has 1 rings (SSSR count). The number of ether oxygens (including phenoxy) is 1. The Morgan fingerprint density at radius 1 is 0.576 bits per heavy atom. The topological polar surface area (TPSA) is 27.7 Å². The van der Waals surface area contributed by atoms with Crippen molar-refractivity contribution in [2.45, 2.75) is 162 Å². The van der Waals surface area contributed by atoms with Crippen molar-refractivity contribution in [2.24, 2.45) is 0 Å². The third-order valence-corrected chi connectivity index (χ3v) is 11.6. The van der Waals surface area contributed by atoms with Crippen LogP contribution in [0.4, 0.5) is 4.70 Å². The van der Waals surface area contributed by atoms with E-state index in [2.05, 4.69) is 41.5 Å². The predicted octanol–water partition coefficient (Wildman–Crippen LogP) is 9.66. The van der Waals surface area contributed by atoms with E-state index in [-0.39, 0.29) is 9.93 Å². The molecular formula is C28H61FO3Si. The zero-order valence-electron chi connectivity index (χ0n) is 23.5. The molecule has 0 saturated carbocycles. The second kappa shape index (κ2) is 23.8. The van der Waals surface area contributed by atoms with Crippen molar-refractivity contribution in [3.63, 3.8) is 0 Å². The predicted molar refractivity (Wildman–Crippen MR) is 146 cm³/mol. The highest BCUT2D eigenvalue weighted by molar-refractivity contribution is 6.70. The molecule has 1 unspecified atom stereocenters. The summed E-state index contributed by atoms with van der Waals surface area (Å²) >= 11 is 0. The van der Waals surface area contributed by atoms with E-state index in [4.69, 9.17) is 13.6 Å². The zero-order chi connectivity index (χ0) is 24.0. The quantitative estimate of drug-likeness (QED) is 0.133. The maximum atomic E-state index is 6.16. The Morgan fingerprint density at radius 2 is 1.00 bits per heavy atom. The number of hydrogen-bond acceptors (Lipinski definition) is 3. The Balaban J connectivity index is 0. The summed E-state index contributed by atoms with van der Waals surface area (Å²) in [5.74, 6) is 0. The lowest BCUT2D eigenvalue weighted by atomic mass is 10.1. The van der Waals surface area contributed by atoms with Crippen LogP contribution in [0.3, 0.4) is 0 Å². The molecule has 1 saturated heterocycles. The molecule has 1 aliphatic rings. The summed E-state index contributed by atoms with van der Waals surface area (Å²) in [6.45, 7) is 15.2. The van der Waals surface area contributed by atoms with E-state index in [1.807, 2.05) is 0 Å². The molecule has 0 aromatic carbocycles. The highest BCUT2D eigenvalue weighted by Gasteiger charge is 2.58. The number of rotatable bonds is 19. The minimum atomic E-state index is -2.21. The largest absolute Gasteiger partial charge is 0.393 e. The Bertz CT molecular complexity index is 370. The molecule has 0 spiro atoms. The molecule has 0 N–H and O–H groups in total. The SMILES string of the molecule is CCCCCCCCCCCCCCC.CCOC1(CC)CCCC[Si]1(OCC)OCC.F. The standard InChI is InChI=1S/C15H32.C13H28O3Si.FH/c1-3-5-7-9-11-13-15-14-12-10-8-6-4-2;1-5-13(14-6-2)11-9-10-12-17(13,15-7-3)16-8-4;/h3-15H2,1-2H3;5-12H2,1-4H3;1H. The molecule has 202 valence electrons. The van der Waals surface area contributed by atoms with Crippen LogP contribution >= 0.6 is 0 Å². The normalized spacial score (nSPS) is 19.5. The molecule has 0 radical (unpaired) electrons. The highest BCUT2D eigenvalue weighted by Crippen LogP contribution is 2.43. The fraction of sp³-hybridized carbons (Fsp3) is 1.00. The summed E-state index contributed by atoms with van der Waals surface area (Å²) < 4.78 is 18.5. The van der Waals surface area contributed by atoms with Crippen LogP contribution in [0.1, 0.15) is 151 Å². The lowest BCUT2D eigenvalue weighted by molar-refractivity contribution is -0.0426. The molecule has 1 atom stereocenters. The van der Waals surface area contributed by atoms with Crippen molar-refractivity contribution in [2.75, 3.05) is 19.8 Å². The van der Waals surface area contributed by atoms with E-state index >= 15 is 0 Å². The summed E-state index contributed by atoms with van der Waals surface area (Å²) in [7, 11) is -2.21. The van der Waals surface area contributed by atoms with Gasteiger partial charge < -0.3 is 13.6 Å². The van der Waals surface area contributed by atoms with Crippen LogP contribution in [-0.2, 0) is 13.6 Å². The fourth-order valence-electron chi connectivity index (χ4n) is 5.20. The minimum absolute atomic E-state index is 0. The first-order valence-corrected chi connectivity index (χ1v) is 16.6. The van der Waals surface area contributed by atoms with Gasteiger partial charge in [-0.15, -0.1) is 0 Å². The van der Waals surface area contributed by atoms with E-state index in [1.165, 1.54) is 96.3 Å². The van der Waals surface area contributed by atoms with Crippen molar-refractivity contribution in [3.8, 4) is 0 Å². The molecule has 0 aromatic rings. The lowest BCUT2D eigenvalue weighted by Gasteiger charge is -2.49. The molecule has 5 heteroatoms. The van der Waals surface area contributed by atoms with Crippen molar-refractivity contribution in [1.82, 2.24) is 0 Å². The first kappa shape index (κ1) is 35.2. The monoisotopic (exact) mass is 492 g/mol. The van der Waals surface area contributed by atoms with Gasteiger partial charge in [-0.25, -0.2) is 0 Å². The molecule has 3 nitrogen and oxygen atoms in total. The summed E-state index contributed by atoms with van der Waals surface area (Å²) in [6, 6.07) is 1.09. The van der Waals surface area contributed by atoms with Gasteiger partial charge in [0.1, 0.15) is 5.22 Å². The van der Waals surface area contributed by atoms with Crippen LogP contribution in [0.25, 0.3) is 0 Å². The second-order valence-electron chi connectivity index (χ2n) is 9.50. The van der Waals surface area contributed by atoms with Crippen LogP contribution < -0.4 is 0 Å². The maximum Gasteiger partial charge on any atom is 0.371 e. The van der Waals surface area contributed by atoms with Gasteiger partial charge in [0.15, 0.2) is 0 Å². The van der Waals surface area contributed by atoms with Crippen molar-refractivity contribution >= 4 is 8.56 Å². The van der Waals surface area contributed by atoms with Crippen molar-refractivity contribution in [1.29, 1.82) is 0 Å². The van der Waals surface area contributed by atoms with Gasteiger partial charge in [0.25, 0.3) is 0 Å². The first-order chi connectivity index (χ1) is 15.6. The molecule has 0 aromatic heterocycles. The van der Waals surface area contributed by atoms with Gasteiger partial charge in [-0.05, 0) is 39.7 Å². The van der Waals surface area contributed by atoms with Gasteiger partial charge in [-0.1, -0.05) is 117 Å². The third kappa shape index (κ3) is 14.2. The lowest BCUT2D eigenvalue weighted by Crippen LogP contribution is -2.65. The Morgan fingerprint density at radius 3 is 1.33 bits per heavy atom. The maximum absolute atomic E-state index is 6.16. The third-order valence-electron chi connectivity index (χ3n) is 6.98. The molecule has 0 amide bonds. The Kier molecular flexibility index (Phi) is 25.3. The number of halogens is 1. The van der Waals surface area contributed by atoms with E-state index < -0.39 is 8.56 Å². The summed E-state index contributed by atoms with van der Waals surface area (Å²) in [5.41, 5.74) is 0. The van der Waals surface area contributed by atoms with E-state index in [0.29, 0.717) is 0 Å². The summed E-state index contributed by atoms with van der Waals surface area (Å²) in [5, 5.41) is -0.119. The minimum Gasteiger partial charge on any atom is -0.393 e. The van der Waals surface area contributed by atoms with E-state index in [1.54, 1.807) is 0 Å². The van der Waals surface area contributed by atoms with Crippen molar-refractivity contribution in [3.05, 3.63) is 0 Å². The zero-order valence-corrected chi connectivity index (χ0v) is 24.5. The smallest absolute Gasteiger partial charge is 0.371 e.